The molecule has 1 aliphatic heterocycles. The van der Waals surface area contributed by atoms with Gasteiger partial charge in [-0.25, -0.2) is 9.69 Å². The molecule has 1 unspecified atom stereocenters. The topological polar surface area (TPSA) is 66.8 Å². The first-order valence-corrected chi connectivity index (χ1v) is 11.7. The summed E-state index contributed by atoms with van der Waals surface area (Å²) in [4.78, 5) is 25.5. The lowest BCUT2D eigenvalue weighted by molar-refractivity contribution is -0.134. The van der Waals surface area contributed by atoms with Crippen LogP contribution in [0, 0.1) is 5.41 Å². The molecule has 0 aliphatic carbocycles. The molecule has 2 amide bonds. The minimum absolute atomic E-state index is 0.0976. The Morgan fingerprint density at radius 2 is 1.88 bits per heavy atom. The van der Waals surface area contributed by atoms with Gasteiger partial charge in [-0.3, -0.25) is 4.79 Å². The van der Waals surface area contributed by atoms with Crippen molar-refractivity contribution in [3.8, 4) is 0 Å². The predicted octanol–water partition coefficient (Wildman–Crippen LogP) is 4.82. The van der Waals surface area contributed by atoms with Crippen molar-refractivity contribution >= 4 is 20.3 Å². The van der Waals surface area contributed by atoms with E-state index in [2.05, 4.69) is 47.0 Å². The van der Waals surface area contributed by atoms with E-state index in [-0.39, 0.29) is 17.0 Å². The summed E-state index contributed by atoms with van der Waals surface area (Å²) in [5.41, 5.74) is -0.733. The lowest BCUT2D eigenvalue weighted by atomic mass is 9.78. The van der Waals surface area contributed by atoms with Crippen LogP contribution in [0.1, 0.15) is 46.5 Å². The monoisotopic (exact) mass is 367 g/mol. The van der Waals surface area contributed by atoms with Crippen LogP contribution >= 0.6 is 0 Å². The largest absolute Gasteiger partial charge is 0.465 e. The number of nitrogens with zero attached hydrogens (tertiary/aromatic N) is 1. The Balaban J connectivity index is 2.91. The predicted molar refractivity (Wildman–Crippen MR) is 103 cm³/mol. The summed E-state index contributed by atoms with van der Waals surface area (Å²) in [7, 11) is -1.89. The first kappa shape index (κ1) is 21.6. The molecule has 142 valence electrons. The fourth-order valence-electron chi connectivity index (χ4n) is 3.17. The molecule has 25 heavy (non-hydrogen) atoms. The first-order chi connectivity index (χ1) is 11.4. The van der Waals surface area contributed by atoms with Crippen molar-refractivity contribution in [3.05, 3.63) is 25.3 Å². The van der Waals surface area contributed by atoms with Crippen LogP contribution in [0.4, 0.5) is 4.79 Å². The fourth-order valence-corrected chi connectivity index (χ4v) is 4.23. The van der Waals surface area contributed by atoms with Crippen molar-refractivity contribution in [1.29, 1.82) is 0 Å². The number of carbonyl (C=O) groups is 2. The van der Waals surface area contributed by atoms with E-state index in [0.717, 1.165) is 4.90 Å². The molecule has 6 heteroatoms. The summed E-state index contributed by atoms with van der Waals surface area (Å²) >= 11 is 0. The zero-order valence-electron chi connectivity index (χ0n) is 16.3. The molecule has 0 aromatic carbocycles. The molecular weight excluding hydrogens is 334 g/mol. The van der Waals surface area contributed by atoms with Crippen molar-refractivity contribution in [3.63, 3.8) is 0 Å². The van der Waals surface area contributed by atoms with Crippen LogP contribution in [0.15, 0.2) is 25.3 Å². The number of carboxylic acid groups (broad SMARTS) is 1. The van der Waals surface area contributed by atoms with Gasteiger partial charge in [0.25, 0.3) is 0 Å². The van der Waals surface area contributed by atoms with Crippen LogP contribution < -0.4 is 0 Å². The maximum atomic E-state index is 12.8. The summed E-state index contributed by atoms with van der Waals surface area (Å²) in [6.07, 6.45) is 4.14. The number of likely N-dealkylation sites (tertiary alicyclic amines) is 1. The molecule has 0 bridgehead atoms. The minimum Gasteiger partial charge on any atom is -0.465 e. The van der Waals surface area contributed by atoms with Crippen molar-refractivity contribution in [1.82, 2.24) is 4.90 Å². The smallest absolute Gasteiger partial charge is 0.414 e. The van der Waals surface area contributed by atoms with Gasteiger partial charge in [0.2, 0.25) is 5.91 Å². The Bertz CT molecular complexity index is 526. The molecule has 0 aromatic heterocycles. The third kappa shape index (κ3) is 4.61. The van der Waals surface area contributed by atoms with E-state index in [9.17, 15) is 14.7 Å². The molecule has 0 radical (unpaired) electrons. The molecule has 1 N–H and O–H groups in total. The van der Waals surface area contributed by atoms with Crippen LogP contribution in [0.3, 0.4) is 0 Å². The van der Waals surface area contributed by atoms with Crippen LogP contribution in [0.25, 0.3) is 0 Å². The lowest BCUT2D eigenvalue weighted by Crippen LogP contribution is -2.43. The lowest BCUT2D eigenvalue weighted by Gasteiger charge is -2.36. The Morgan fingerprint density at radius 1 is 1.36 bits per heavy atom. The summed E-state index contributed by atoms with van der Waals surface area (Å²) in [5.74, 6) is -0.336. The van der Waals surface area contributed by atoms with Crippen LogP contribution in [-0.4, -0.2) is 43.0 Å². The third-order valence-corrected chi connectivity index (χ3v) is 10.2. The molecular formula is C19H33NO4Si. The van der Waals surface area contributed by atoms with E-state index in [1.807, 2.05) is 0 Å². The SMILES string of the molecule is C=CCC1(CC=C)CC(CCO[Si](C)(C)C(C)(C)C)N(C(=O)O)C1=O. The van der Waals surface area contributed by atoms with Gasteiger partial charge < -0.3 is 9.53 Å². The zero-order chi connectivity index (χ0) is 19.5. The summed E-state index contributed by atoms with van der Waals surface area (Å²) < 4.78 is 6.17. The number of rotatable bonds is 8. The average molecular weight is 368 g/mol. The van der Waals surface area contributed by atoms with E-state index in [0.29, 0.717) is 32.3 Å². The molecule has 0 saturated carbocycles. The Kier molecular flexibility index (Phi) is 6.81. The highest BCUT2D eigenvalue weighted by Gasteiger charge is 2.52. The number of amides is 2. The Morgan fingerprint density at radius 3 is 2.28 bits per heavy atom. The summed E-state index contributed by atoms with van der Waals surface area (Å²) in [6, 6.07) is -0.352. The van der Waals surface area contributed by atoms with Gasteiger partial charge in [-0.2, -0.15) is 0 Å². The second kappa shape index (κ2) is 7.87. The van der Waals surface area contributed by atoms with Crippen molar-refractivity contribution in [2.75, 3.05) is 6.61 Å². The quantitative estimate of drug-likeness (QED) is 0.493. The highest BCUT2D eigenvalue weighted by Crippen LogP contribution is 2.44. The van der Waals surface area contributed by atoms with Crippen molar-refractivity contribution in [2.24, 2.45) is 5.41 Å². The summed E-state index contributed by atoms with van der Waals surface area (Å²) in [5, 5.41) is 9.63. The minimum atomic E-state index is -1.89. The molecule has 1 rings (SSSR count). The molecule has 0 spiro atoms. The van der Waals surface area contributed by atoms with Gasteiger partial charge in [-0.15, -0.1) is 13.2 Å². The maximum absolute atomic E-state index is 12.8. The van der Waals surface area contributed by atoms with E-state index >= 15 is 0 Å². The van der Waals surface area contributed by atoms with Crippen molar-refractivity contribution < 1.29 is 19.1 Å². The molecule has 1 atom stereocenters. The first-order valence-electron chi connectivity index (χ1n) is 8.84. The zero-order valence-corrected chi connectivity index (χ0v) is 17.3. The molecule has 1 saturated heterocycles. The molecule has 1 aliphatic rings. The van der Waals surface area contributed by atoms with Gasteiger partial charge in [0.05, 0.1) is 5.41 Å². The molecule has 1 heterocycles. The van der Waals surface area contributed by atoms with E-state index < -0.39 is 19.8 Å². The van der Waals surface area contributed by atoms with Gasteiger partial charge in [-0.05, 0) is 43.8 Å². The molecule has 0 aromatic rings. The van der Waals surface area contributed by atoms with Crippen LogP contribution in [-0.2, 0) is 9.22 Å². The maximum Gasteiger partial charge on any atom is 0.414 e. The number of hydrogen-bond acceptors (Lipinski definition) is 3. The second-order valence-electron chi connectivity index (χ2n) is 8.48. The number of carbonyl (C=O) groups excluding carboxylic acids is 1. The third-order valence-electron chi connectivity index (χ3n) is 5.66. The van der Waals surface area contributed by atoms with Gasteiger partial charge >= 0.3 is 6.09 Å². The van der Waals surface area contributed by atoms with E-state index in [1.165, 1.54) is 0 Å². The molecule has 5 nitrogen and oxygen atoms in total. The standard InChI is InChI=1S/C19H33NO4Si/c1-8-11-19(12-9-2)14-15(20(16(19)21)17(22)23)10-13-24-25(6,7)18(3,4)5/h8-9,15H,1-2,10-14H2,3-7H3,(H,22,23). The highest BCUT2D eigenvalue weighted by atomic mass is 28.4. The average Bonchev–Trinajstić information content (AvgIpc) is 2.71. The van der Waals surface area contributed by atoms with Gasteiger partial charge in [0, 0.05) is 12.6 Å². The van der Waals surface area contributed by atoms with E-state index in [1.54, 1.807) is 12.2 Å². The summed E-state index contributed by atoms with van der Waals surface area (Å²) in [6.45, 7) is 18.8. The van der Waals surface area contributed by atoms with Gasteiger partial charge in [0.15, 0.2) is 8.32 Å². The van der Waals surface area contributed by atoms with Crippen LogP contribution in [0.2, 0.25) is 18.1 Å². The Hall–Kier alpha value is -1.40. The normalized spacial score (nSPS) is 20.6. The fraction of sp³-hybridized carbons (Fsp3) is 0.684. The second-order valence-corrected chi connectivity index (χ2v) is 13.3. The van der Waals surface area contributed by atoms with Crippen LogP contribution in [0.5, 0.6) is 0 Å². The van der Waals surface area contributed by atoms with Gasteiger partial charge in [-0.1, -0.05) is 32.9 Å². The molecule has 1 fully saturated rings. The number of imide groups is 1. The number of hydrogen-bond donors (Lipinski definition) is 1. The Labute approximate surface area is 152 Å². The van der Waals surface area contributed by atoms with E-state index in [4.69, 9.17) is 4.43 Å². The van der Waals surface area contributed by atoms with Crippen molar-refractivity contribution in [2.45, 2.75) is 70.6 Å². The highest BCUT2D eigenvalue weighted by molar-refractivity contribution is 6.74. The number of allylic oxidation sites excluding steroid dienone is 2. The van der Waals surface area contributed by atoms with Gasteiger partial charge in [0.1, 0.15) is 0 Å².